The summed E-state index contributed by atoms with van der Waals surface area (Å²) in [6.45, 7) is 0. The Morgan fingerprint density at radius 3 is 2.30 bits per heavy atom. The Bertz CT molecular complexity index is 1450. The van der Waals surface area contributed by atoms with Crippen molar-refractivity contribution in [2.75, 3.05) is 5.32 Å². The van der Waals surface area contributed by atoms with Gasteiger partial charge in [-0.25, -0.2) is 17.2 Å². The zero-order valence-electron chi connectivity index (χ0n) is 19.4. The molecule has 1 amide bonds. The van der Waals surface area contributed by atoms with E-state index in [0.717, 1.165) is 18.2 Å². The van der Waals surface area contributed by atoms with E-state index in [1.807, 2.05) is 0 Å². The lowest BCUT2D eigenvalue weighted by atomic mass is 9.51. The number of aliphatic hydroxyl groups is 2. The highest BCUT2D eigenvalue weighted by Gasteiger charge is 2.63. The van der Waals surface area contributed by atoms with E-state index in [0.29, 0.717) is 12.0 Å². The molecule has 3 aromatic carbocycles. The maximum Gasteiger partial charge on any atom is 0.255 e. The van der Waals surface area contributed by atoms with Crippen molar-refractivity contribution >= 4 is 33.0 Å². The molecule has 2 bridgehead atoms. The Kier molecular flexibility index (Phi) is 6.60. The van der Waals surface area contributed by atoms with Crippen molar-refractivity contribution in [2.24, 2.45) is 11.8 Å². The molecule has 3 saturated carbocycles. The summed E-state index contributed by atoms with van der Waals surface area (Å²) in [5.74, 6) is -3.75. The van der Waals surface area contributed by atoms with Crippen molar-refractivity contribution in [3.05, 3.63) is 94.5 Å². The van der Waals surface area contributed by atoms with Crippen LogP contribution in [-0.2, 0) is 9.84 Å². The predicted molar refractivity (Wildman–Crippen MR) is 134 cm³/mol. The molecule has 3 N–H and O–H groups in total. The average molecular weight is 548 g/mol. The van der Waals surface area contributed by atoms with Crippen molar-refractivity contribution in [1.29, 1.82) is 0 Å². The number of aliphatic hydroxyl groups excluding tert-OH is 1. The molecule has 0 saturated heterocycles. The smallest absolute Gasteiger partial charge is 0.255 e. The third-order valence-corrected chi connectivity index (χ3v) is 10.3. The molecule has 0 heterocycles. The zero-order chi connectivity index (χ0) is 26.5. The van der Waals surface area contributed by atoms with Crippen molar-refractivity contribution in [3.8, 4) is 0 Å². The molecule has 6 rings (SSSR count). The second-order valence-electron chi connectivity index (χ2n) is 9.70. The lowest BCUT2D eigenvalue weighted by Crippen LogP contribution is -2.64. The van der Waals surface area contributed by atoms with E-state index in [-0.39, 0.29) is 34.0 Å². The predicted octanol–water partition coefficient (Wildman–Crippen LogP) is 4.91. The molecule has 3 aliphatic rings. The van der Waals surface area contributed by atoms with Crippen molar-refractivity contribution in [2.45, 2.75) is 41.1 Å². The van der Waals surface area contributed by atoms with Gasteiger partial charge in [0.05, 0.1) is 15.2 Å². The number of halogens is 3. The monoisotopic (exact) mass is 547 g/mol. The first kappa shape index (κ1) is 25.8. The van der Waals surface area contributed by atoms with Crippen LogP contribution < -0.4 is 5.32 Å². The number of amides is 1. The average Bonchev–Trinajstić information content (AvgIpc) is 2.90. The number of anilines is 1. The van der Waals surface area contributed by atoms with Crippen molar-refractivity contribution in [1.82, 2.24) is 0 Å². The van der Waals surface area contributed by atoms with Crippen molar-refractivity contribution in [3.63, 3.8) is 0 Å². The first-order chi connectivity index (χ1) is 17.5. The Morgan fingerprint density at radius 1 is 0.973 bits per heavy atom. The number of hydrogen-bond donors (Lipinski definition) is 3. The van der Waals surface area contributed by atoms with E-state index < -0.39 is 56.2 Å². The molecule has 6 nitrogen and oxygen atoms in total. The van der Waals surface area contributed by atoms with Gasteiger partial charge in [-0.1, -0.05) is 41.9 Å². The summed E-state index contributed by atoms with van der Waals surface area (Å²) >= 11 is 6.25. The molecule has 194 valence electrons. The van der Waals surface area contributed by atoms with Gasteiger partial charge in [-0.3, -0.25) is 4.79 Å². The Hall–Kier alpha value is -2.85. The standard InChI is InChI=1S/C27H24ClF2NO5S/c28-21-8-6-16(26(33)31-19-7-9-22(29)23(30)14-19)10-24(21)37(35,36)20-12-17-11-18(13-20)27(17,34)25(32)15-4-2-1-3-5-15/h1-10,14,17-18,20,25,32,34H,11-13H2,(H,31,33). The summed E-state index contributed by atoms with van der Waals surface area (Å²) in [5, 5.41) is 23.8. The highest BCUT2D eigenvalue weighted by atomic mass is 35.5. The maximum atomic E-state index is 13.6. The van der Waals surface area contributed by atoms with E-state index in [2.05, 4.69) is 5.32 Å². The van der Waals surface area contributed by atoms with E-state index in [4.69, 9.17) is 11.6 Å². The topological polar surface area (TPSA) is 104 Å². The van der Waals surface area contributed by atoms with Gasteiger partial charge in [0.25, 0.3) is 5.91 Å². The molecule has 0 spiro atoms. The summed E-state index contributed by atoms with van der Waals surface area (Å²) < 4.78 is 53.8. The van der Waals surface area contributed by atoms with Crippen LogP contribution in [0.4, 0.5) is 14.5 Å². The number of carbonyl (C=O) groups is 1. The largest absolute Gasteiger partial charge is 0.386 e. The van der Waals surface area contributed by atoms with Gasteiger partial charge >= 0.3 is 0 Å². The first-order valence-corrected chi connectivity index (χ1v) is 13.7. The molecule has 3 unspecified atom stereocenters. The number of rotatable bonds is 6. The van der Waals surface area contributed by atoms with Crippen LogP contribution in [-0.4, -0.2) is 35.4 Å². The van der Waals surface area contributed by atoms with Crippen LogP contribution in [0.3, 0.4) is 0 Å². The Morgan fingerprint density at radius 2 is 1.65 bits per heavy atom. The Labute approximate surface area is 217 Å². The number of benzene rings is 3. The molecule has 10 heteroatoms. The summed E-state index contributed by atoms with van der Waals surface area (Å²) in [6.07, 6.45) is -0.244. The fourth-order valence-electron chi connectivity index (χ4n) is 5.62. The normalized spacial score (nSPS) is 25.7. The van der Waals surface area contributed by atoms with Gasteiger partial charge in [-0.15, -0.1) is 0 Å². The third-order valence-electron chi connectivity index (χ3n) is 7.64. The van der Waals surface area contributed by atoms with Crippen LogP contribution in [0.15, 0.2) is 71.6 Å². The van der Waals surface area contributed by atoms with E-state index in [1.54, 1.807) is 30.3 Å². The second-order valence-corrected chi connectivity index (χ2v) is 12.3. The molecule has 3 fully saturated rings. The fraction of sp³-hybridized carbons (Fsp3) is 0.296. The SMILES string of the molecule is O=C(Nc1ccc(F)c(F)c1)c1ccc(Cl)c(S(=O)(=O)C2CC3CC(C2)C3(O)C(O)c2ccccc2)c1. The minimum Gasteiger partial charge on any atom is -0.386 e. The van der Waals surface area contributed by atoms with Gasteiger partial charge < -0.3 is 15.5 Å². The number of sulfone groups is 1. The number of nitrogens with one attached hydrogen (secondary N) is 1. The molecular formula is C27H24ClF2NO5S. The molecule has 0 radical (unpaired) electrons. The zero-order valence-corrected chi connectivity index (χ0v) is 21.0. The van der Waals surface area contributed by atoms with Crippen LogP contribution >= 0.6 is 11.6 Å². The van der Waals surface area contributed by atoms with Crippen LogP contribution in [0.5, 0.6) is 0 Å². The fourth-order valence-corrected chi connectivity index (χ4v) is 8.02. The lowest BCUT2D eigenvalue weighted by molar-refractivity contribution is -0.233. The van der Waals surface area contributed by atoms with Gasteiger partial charge in [0.15, 0.2) is 21.5 Å². The number of hydrogen-bond acceptors (Lipinski definition) is 5. The van der Waals surface area contributed by atoms with Crippen LogP contribution in [0.2, 0.25) is 5.02 Å². The van der Waals surface area contributed by atoms with Crippen LogP contribution in [0, 0.1) is 23.5 Å². The number of carbonyl (C=O) groups excluding carboxylic acids is 1. The molecule has 3 aromatic rings. The second kappa shape index (κ2) is 9.47. The summed E-state index contributed by atoms with van der Waals surface area (Å²) in [7, 11) is -3.99. The minimum absolute atomic E-state index is 0.00637. The Balaban J connectivity index is 1.36. The quantitative estimate of drug-likeness (QED) is 0.407. The maximum absolute atomic E-state index is 13.6. The van der Waals surface area contributed by atoms with Gasteiger partial charge in [0.1, 0.15) is 11.7 Å². The minimum atomic E-state index is -3.99. The van der Waals surface area contributed by atoms with E-state index in [1.165, 1.54) is 18.2 Å². The van der Waals surface area contributed by atoms with E-state index >= 15 is 0 Å². The third kappa shape index (κ3) is 4.44. The first-order valence-electron chi connectivity index (χ1n) is 11.8. The summed E-state index contributed by atoms with van der Waals surface area (Å²) in [5.41, 5.74) is -0.857. The summed E-state index contributed by atoms with van der Waals surface area (Å²) in [4.78, 5) is 12.5. The van der Waals surface area contributed by atoms with Gasteiger partial charge in [-0.2, -0.15) is 0 Å². The van der Waals surface area contributed by atoms with Gasteiger partial charge in [0, 0.05) is 17.3 Å². The van der Waals surface area contributed by atoms with Crippen molar-refractivity contribution < 1.29 is 32.2 Å². The lowest BCUT2D eigenvalue weighted by Gasteiger charge is -2.60. The van der Waals surface area contributed by atoms with Gasteiger partial charge in [-0.05, 0) is 67.0 Å². The molecule has 0 aliphatic heterocycles. The highest BCUT2D eigenvalue weighted by Crippen LogP contribution is 2.60. The highest BCUT2D eigenvalue weighted by molar-refractivity contribution is 7.92. The van der Waals surface area contributed by atoms with Crippen LogP contribution in [0.1, 0.15) is 41.3 Å². The van der Waals surface area contributed by atoms with Crippen LogP contribution in [0.25, 0.3) is 0 Å². The molecule has 3 aliphatic carbocycles. The summed E-state index contributed by atoms with van der Waals surface area (Å²) in [6, 6.07) is 15.5. The molecular weight excluding hydrogens is 524 g/mol. The molecule has 3 atom stereocenters. The van der Waals surface area contributed by atoms with E-state index in [9.17, 15) is 32.2 Å². The van der Waals surface area contributed by atoms with Gasteiger partial charge in [0.2, 0.25) is 0 Å². The number of fused-ring (bicyclic) bond motifs is 2. The molecule has 0 aromatic heterocycles. The molecule has 37 heavy (non-hydrogen) atoms.